The maximum atomic E-state index is 14.3. The normalized spacial score (nSPS) is 16.3. The van der Waals surface area contributed by atoms with E-state index in [0.29, 0.717) is 61.9 Å². The number of carbonyl (C=O) groups excluding carboxylic acids is 1. The number of benzene rings is 2. The number of alkyl halides is 3. The Bertz CT molecular complexity index is 1810. The van der Waals surface area contributed by atoms with Crippen LogP contribution in [0, 0.1) is 0 Å². The van der Waals surface area contributed by atoms with E-state index in [2.05, 4.69) is 9.88 Å². The summed E-state index contributed by atoms with van der Waals surface area (Å²) in [6.07, 6.45) is -3.14. The number of carbonyl (C=O) groups is 2. The molecule has 2 aromatic heterocycles. The molecule has 2 saturated heterocycles. The molecule has 2 N–H and O–H groups in total. The van der Waals surface area contributed by atoms with Crippen molar-refractivity contribution in [2.75, 3.05) is 55.7 Å². The van der Waals surface area contributed by atoms with E-state index in [0.717, 1.165) is 23.2 Å². The summed E-state index contributed by atoms with van der Waals surface area (Å²) in [5, 5.41) is 18.8. The van der Waals surface area contributed by atoms with E-state index in [4.69, 9.17) is 4.42 Å². The van der Waals surface area contributed by atoms with E-state index in [9.17, 15) is 37.8 Å². The molecule has 0 saturated carbocycles. The topological polar surface area (TPSA) is 132 Å². The quantitative estimate of drug-likeness (QED) is 0.322. The van der Waals surface area contributed by atoms with Crippen LogP contribution in [0.3, 0.4) is 0 Å². The first-order valence-corrected chi connectivity index (χ1v) is 14.0. The molecule has 0 aliphatic carbocycles. The summed E-state index contributed by atoms with van der Waals surface area (Å²) in [4.78, 5) is 46.7. The van der Waals surface area contributed by atoms with Crippen LogP contribution in [0.2, 0.25) is 0 Å². The summed E-state index contributed by atoms with van der Waals surface area (Å²) in [5.41, 5.74) is -1.53. The summed E-state index contributed by atoms with van der Waals surface area (Å²) < 4.78 is 50.2. The van der Waals surface area contributed by atoms with Gasteiger partial charge in [-0.05, 0) is 36.2 Å². The van der Waals surface area contributed by atoms with Crippen LogP contribution in [0.25, 0.3) is 28.0 Å². The fraction of sp³-hybridized carbons (Fsp3) is 0.333. The predicted octanol–water partition coefficient (Wildman–Crippen LogP) is 3.60. The minimum Gasteiger partial charge on any atom is -0.477 e. The number of aliphatic hydroxyl groups excluding tert-OH is 1. The van der Waals surface area contributed by atoms with Crippen LogP contribution in [-0.4, -0.2) is 82.4 Å². The van der Waals surface area contributed by atoms with Crippen LogP contribution in [-0.2, 0) is 11.0 Å². The highest BCUT2D eigenvalue weighted by atomic mass is 19.4. The zero-order valence-corrected chi connectivity index (χ0v) is 23.4. The Hall–Kier alpha value is -4.69. The highest BCUT2D eigenvalue weighted by Gasteiger charge is 2.37. The number of piperazine rings is 1. The van der Waals surface area contributed by atoms with Crippen LogP contribution in [0.4, 0.5) is 24.9 Å². The maximum Gasteiger partial charge on any atom is 0.418 e. The number of carboxylic acids is 1. The monoisotopic (exact) mass is 611 g/mol. The molecule has 2 aromatic carbocycles. The molecular weight excluding hydrogens is 583 g/mol. The molecule has 44 heavy (non-hydrogen) atoms. The summed E-state index contributed by atoms with van der Waals surface area (Å²) in [7, 11) is 0. The summed E-state index contributed by atoms with van der Waals surface area (Å²) in [6.45, 7) is 3.51. The van der Waals surface area contributed by atoms with E-state index in [1.165, 1.54) is 16.7 Å². The van der Waals surface area contributed by atoms with E-state index >= 15 is 0 Å². The van der Waals surface area contributed by atoms with Crippen molar-refractivity contribution in [3.05, 3.63) is 70.0 Å². The maximum absolute atomic E-state index is 14.3. The number of hydrogen-bond donors (Lipinski definition) is 2. The van der Waals surface area contributed by atoms with Gasteiger partial charge in [-0.1, -0.05) is 6.07 Å². The Morgan fingerprint density at radius 2 is 1.77 bits per heavy atom. The first kappa shape index (κ1) is 29.4. The third-order valence-electron chi connectivity index (χ3n) is 7.94. The number of nitrogens with zero attached hydrogens (tertiary/aromatic N) is 5. The number of amides is 1. The Morgan fingerprint density at radius 3 is 2.43 bits per heavy atom. The fourth-order valence-electron chi connectivity index (χ4n) is 5.68. The number of aromatic carboxylic acids is 1. The number of pyridine rings is 1. The first-order chi connectivity index (χ1) is 21.0. The molecular formula is C30H28F3N5O6. The van der Waals surface area contributed by atoms with Crippen LogP contribution in [0.1, 0.15) is 28.8 Å². The molecule has 2 aliphatic heterocycles. The van der Waals surface area contributed by atoms with Gasteiger partial charge in [-0.3, -0.25) is 14.5 Å². The molecule has 2 aliphatic rings. The molecule has 1 amide bonds. The van der Waals surface area contributed by atoms with Crippen LogP contribution < -0.4 is 15.2 Å². The Morgan fingerprint density at radius 1 is 1.00 bits per heavy atom. The highest BCUT2D eigenvalue weighted by molar-refractivity contribution is 5.96. The van der Waals surface area contributed by atoms with Crippen LogP contribution in [0.15, 0.2) is 57.9 Å². The molecule has 0 atom stereocenters. The number of aliphatic hydroxyl groups is 1. The third-order valence-corrected chi connectivity index (χ3v) is 7.94. The molecule has 230 valence electrons. The molecule has 4 heterocycles. The van der Waals surface area contributed by atoms with Gasteiger partial charge >= 0.3 is 12.1 Å². The largest absolute Gasteiger partial charge is 0.477 e. The fourth-order valence-corrected chi connectivity index (χ4v) is 5.68. The number of rotatable bonds is 7. The van der Waals surface area contributed by atoms with Gasteiger partial charge in [-0.2, -0.15) is 18.2 Å². The van der Waals surface area contributed by atoms with Crippen LogP contribution >= 0.6 is 0 Å². The van der Waals surface area contributed by atoms with Crippen LogP contribution in [0.5, 0.6) is 0 Å². The van der Waals surface area contributed by atoms with Gasteiger partial charge in [0, 0.05) is 69.7 Å². The van der Waals surface area contributed by atoms with Crippen molar-refractivity contribution in [1.82, 2.24) is 14.5 Å². The SMILES string of the molecule is O=C(O)c1cn(-c2ccc3nc(N4CCN(CCO)CC4)oc3c2)c(-c2ccc(N3CCCC3=O)c(C(F)(F)F)c2)cc1=O. The zero-order valence-electron chi connectivity index (χ0n) is 23.4. The van der Waals surface area contributed by atoms with E-state index < -0.39 is 34.6 Å². The second-order valence-corrected chi connectivity index (χ2v) is 10.7. The lowest BCUT2D eigenvalue weighted by atomic mass is 10.0. The van der Waals surface area contributed by atoms with Gasteiger partial charge in [0.2, 0.25) is 5.91 Å². The Labute approximate surface area is 248 Å². The van der Waals surface area contributed by atoms with Crippen molar-refractivity contribution >= 4 is 34.7 Å². The minimum atomic E-state index is -4.81. The third kappa shape index (κ3) is 5.53. The summed E-state index contributed by atoms with van der Waals surface area (Å²) in [6, 6.07) is 9.65. The molecule has 2 fully saturated rings. The number of aromatic nitrogens is 2. The first-order valence-electron chi connectivity index (χ1n) is 14.0. The number of fused-ring (bicyclic) bond motifs is 1. The molecule has 6 rings (SSSR count). The lowest BCUT2D eigenvalue weighted by molar-refractivity contribution is -0.137. The second-order valence-electron chi connectivity index (χ2n) is 10.7. The van der Waals surface area contributed by atoms with Gasteiger partial charge < -0.3 is 29.0 Å². The smallest absolute Gasteiger partial charge is 0.418 e. The molecule has 0 bridgehead atoms. The molecule has 4 aromatic rings. The molecule has 0 unspecified atom stereocenters. The van der Waals surface area contributed by atoms with Crippen molar-refractivity contribution in [2.24, 2.45) is 0 Å². The van der Waals surface area contributed by atoms with Crippen molar-refractivity contribution in [2.45, 2.75) is 19.0 Å². The van der Waals surface area contributed by atoms with Crippen molar-refractivity contribution < 1.29 is 37.4 Å². The standard InChI is InChI=1S/C30H28F3N5O6/c31-30(32,33)21-14-18(3-6-23(21)37-7-1-2-27(37)41)24-16-25(40)20(28(42)43)17-38(24)19-4-5-22-26(15-19)44-29(34-22)36-10-8-35(9-11-36)12-13-39/h3-6,14-17,39H,1-2,7-13H2,(H,42,43). The van der Waals surface area contributed by atoms with Crippen molar-refractivity contribution in [3.8, 4) is 16.9 Å². The van der Waals surface area contributed by atoms with Gasteiger partial charge in [-0.25, -0.2) is 4.79 Å². The number of carboxylic acid groups (broad SMARTS) is 1. The Kier molecular flexibility index (Phi) is 7.63. The number of hydrogen-bond acceptors (Lipinski definition) is 8. The van der Waals surface area contributed by atoms with Crippen molar-refractivity contribution in [3.63, 3.8) is 0 Å². The molecule has 0 radical (unpaired) electrons. The van der Waals surface area contributed by atoms with Gasteiger partial charge in [0.1, 0.15) is 11.1 Å². The minimum absolute atomic E-state index is 0.000802. The lowest BCUT2D eigenvalue weighted by Gasteiger charge is -2.33. The lowest BCUT2D eigenvalue weighted by Crippen LogP contribution is -2.47. The number of oxazole rings is 1. The highest BCUT2D eigenvalue weighted by Crippen LogP contribution is 2.40. The number of β-amino-alcohol motifs (C(OH)–C–C–N with tert-alkyl or cyclic N) is 1. The number of halogens is 3. The number of anilines is 2. The summed E-state index contributed by atoms with van der Waals surface area (Å²) in [5.74, 6) is -1.89. The van der Waals surface area contributed by atoms with Gasteiger partial charge in [0.05, 0.1) is 23.6 Å². The summed E-state index contributed by atoms with van der Waals surface area (Å²) >= 11 is 0. The average Bonchev–Trinajstić information content (AvgIpc) is 3.62. The molecule has 14 heteroatoms. The van der Waals surface area contributed by atoms with Gasteiger partial charge in [0.15, 0.2) is 11.0 Å². The second kappa shape index (κ2) is 11.4. The molecule has 11 nitrogen and oxygen atoms in total. The average molecular weight is 612 g/mol. The van der Waals surface area contributed by atoms with E-state index in [1.54, 1.807) is 18.2 Å². The predicted molar refractivity (Wildman–Crippen MR) is 154 cm³/mol. The zero-order chi connectivity index (χ0) is 31.2. The van der Waals surface area contributed by atoms with E-state index in [1.807, 2.05) is 4.90 Å². The van der Waals surface area contributed by atoms with Gasteiger partial charge in [-0.15, -0.1) is 0 Å². The van der Waals surface area contributed by atoms with Gasteiger partial charge in [0.25, 0.3) is 6.01 Å². The van der Waals surface area contributed by atoms with Crippen molar-refractivity contribution in [1.29, 1.82) is 0 Å². The Balaban J connectivity index is 1.43. The van der Waals surface area contributed by atoms with E-state index in [-0.39, 0.29) is 36.5 Å². The molecule has 0 spiro atoms.